The van der Waals surface area contributed by atoms with Crippen molar-refractivity contribution >= 4 is 11.7 Å². The van der Waals surface area contributed by atoms with Crippen LogP contribution >= 0.6 is 0 Å². The topological polar surface area (TPSA) is 105 Å². The molecule has 3 heterocycles. The summed E-state index contributed by atoms with van der Waals surface area (Å²) >= 11 is 0. The summed E-state index contributed by atoms with van der Waals surface area (Å²) in [4.78, 5) is 19.3. The second kappa shape index (κ2) is 7.77. The molecule has 8 nitrogen and oxygen atoms in total. The summed E-state index contributed by atoms with van der Waals surface area (Å²) in [6, 6.07) is 11.1. The molecule has 1 aliphatic heterocycles. The molecule has 0 spiro atoms. The number of nitrogens with one attached hydrogen (secondary N) is 3. The van der Waals surface area contributed by atoms with Crippen LogP contribution in [0.5, 0.6) is 0 Å². The lowest BCUT2D eigenvalue weighted by Crippen LogP contribution is -2.46. The molecule has 1 fully saturated rings. The average molecular weight is 378 g/mol. The number of benzene rings is 1. The molecule has 1 aliphatic rings. The molecule has 0 saturated carbocycles. The minimum absolute atomic E-state index is 0.359. The van der Waals surface area contributed by atoms with Crippen LogP contribution in [0.4, 0.5) is 5.69 Å². The number of H-pyrrole nitrogens is 1. The van der Waals surface area contributed by atoms with Gasteiger partial charge in [-0.05, 0) is 56.3 Å². The molecule has 0 aliphatic carbocycles. The molecular formula is C20H22N6O2. The van der Waals surface area contributed by atoms with Crippen molar-refractivity contribution in [2.75, 3.05) is 25.5 Å². The summed E-state index contributed by atoms with van der Waals surface area (Å²) in [5, 5.41) is 15.8. The third kappa shape index (κ3) is 3.59. The first-order valence-corrected chi connectivity index (χ1v) is 9.21. The number of pyridine rings is 1. The fourth-order valence-electron chi connectivity index (χ4n) is 3.51. The van der Waals surface area contributed by atoms with Crippen LogP contribution in [0.25, 0.3) is 11.4 Å². The normalized spacial score (nSPS) is 15.8. The Bertz CT molecular complexity index is 950. The van der Waals surface area contributed by atoms with Crippen molar-refractivity contribution in [2.24, 2.45) is 0 Å². The molecule has 0 amide bonds. The van der Waals surface area contributed by atoms with E-state index in [-0.39, 0.29) is 5.97 Å². The number of aromatic amines is 1. The van der Waals surface area contributed by atoms with Gasteiger partial charge in [0.2, 0.25) is 0 Å². The molecular weight excluding hydrogens is 356 g/mol. The summed E-state index contributed by atoms with van der Waals surface area (Å²) in [6.45, 7) is 1.71. The minimum atomic E-state index is -0.404. The van der Waals surface area contributed by atoms with Gasteiger partial charge in [0, 0.05) is 23.6 Å². The molecule has 3 aromatic rings. The van der Waals surface area contributed by atoms with E-state index in [0.29, 0.717) is 11.4 Å². The predicted molar refractivity (Wildman–Crippen MR) is 105 cm³/mol. The van der Waals surface area contributed by atoms with E-state index in [1.807, 2.05) is 24.3 Å². The van der Waals surface area contributed by atoms with Gasteiger partial charge in [0.1, 0.15) is 0 Å². The molecule has 0 unspecified atom stereocenters. The summed E-state index contributed by atoms with van der Waals surface area (Å²) in [6.07, 6.45) is 5.13. The second-order valence-electron chi connectivity index (χ2n) is 6.79. The Morgan fingerprint density at radius 3 is 2.68 bits per heavy atom. The molecule has 28 heavy (non-hydrogen) atoms. The lowest BCUT2D eigenvalue weighted by Gasteiger charge is -2.37. The van der Waals surface area contributed by atoms with E-state index in [2.05, 4.69) is 30.8 Å². The van der Waals surface area contributed by atoms with Gasteiger partial charge in [-0.3, -0.25) is 4.98 Å². The molecule has 2 aromatic heterocycles. The zero-order valence-electron chi connectivity index (χ0n) is 15.6. The van der Waals surface area contributed by atoms with Gasteiger partial charge in [0.25, 0.3) is 0 Å². The van der Waals surface area contributed by atoms with Gasteiger partial charge in [-0.2, -0.15) is 0 Å². The summed E-state index contributed by atoms with van der Waals surface area (Å²) in [7, 11) is 1.38. The lowest BCUT2D eigenvalue weighted by atomic mass is 9.87. The standard InChI is InChI=1S/C20H22N6O2/c1-28-18(27)15-3-2-4-16(13-15)24-20(7-11-22-12-8-20)19-23-17(25-26-19)14-5-9-21-10-6-14/h2-6,9-10,13,22,24H,7-8,11-12H2,1H3,(H,23,25,26). The highest BCUT2D eigenvalue weighted by molar-refractivity contribution is 5.90. The maximum atomic E-state index is 11.9. The minimum Gasteiger partial charge on any atom is -0.465 e. The molecule has 0 bridgehead atoms. The van der Waals surface area contributed by atoms with Crippen molar-refractivity contribution in [1.29, 1.82) is 0 Å². The number of ether oxygens (including phenoxy) is 1. The van der Waals surface area contributed by atoms with Crippen LogP contribution in [0.15, 0.2) is 48.8 Å². The molecule has 8 heteroatoms. The maximum absolute atomic E-state index is 11.9. The molecule has 0 atom stereocenters. The van der Waals surface area contributed by atoms with Crippen molar-refractivity contribution in [3.05, 3.63) is 60.2 Å². The number of carbonyl (C=O) groups excluding carboxylic acids is 1. The molecule has 4 rings (SSSR count). The number of esters is 1. The molecule has 1 aromatic carbocycles. The monoisotopic (exact) mass is 378 g/mol. The third-order valence-electron chi connectivity index (χ3n) is 5.02. The number of anilines is 1. The van der Waals surface area contributed by atoms with Gasteiger partial charge >= 0.3 is 5.97 Å². The number of rotatable bonds is 5. The number of aromatic nitrogens is 4. The Balaban J connectivity index is 1.66. The molecule has 1 saturated heterocycles. The van der Waals surface area contributed by atoms with Crippen molar-refractivity contribution in [1.82, 2.24) is 25.5 Å². The maximum Gasteiger partial charge on any atom is 0.337 e. The summed E-state index contributed by atoms with van der Waals surface area (Å²) in [5.74, 6) is 1.13. The van der Waals surface area contributed by atoms with Crippen molar-refractivity contribution in [3.8, 4) is 11.4 Å². The van der Waals surface area contributed by atoms with Crippen molar-refractivity contribution in [2.45, 2.75) is 18.4 Å². The van der Waals surface area contributed by atoms with Crippen molar-refractivity contribution < 1.29 is 9.53 Å². The summed E-state index contributed by atoms with van der Waals surface area (Å²) < 4.78 is 4.83. The van der Waals surface area contributed by atoms with Crippen molar-refractivity contribution in [3.63, 3.8) is 0 Å². The first-order chi connectivity index (χ1) is 13.7. The van der Waals surface area contributed by atoms with Gasteiger partial charge in [0.05, 0.1) is 18.2 Å². The van der Waals surface area contributed by atoms with Gasteiger partial charge in [0.15, 0.2) is 11.6 Å². The first kappa shape index (κ1) is 18.1. The van der Waals surface area contributed by atoms with Crippen LogP contribution in [0.1, 0.15) is 29.0 Å². The van der Waals surface area contributed by atoms with Crippen LogP contribution in [-0.2, 0) is 10.3 Å². The Morgan fingerprint density at radius 1 is 1.14 bits per heavy atom. The van der Waals surface area contributed by atoms with E-state index in [0.717, 1.165) is 43.0 Å². The quantitative estimate of drug-likeness (QED) is 0.585. The Labute approximate surface area is 162 Å². The fourth-order valence-corrected chi connectivity index (χ4v) is 3.51. The van der Waals surface area contributed by atoms with Gasteiger partial charge in [-0.25, -0.2) is 4.79 Å². The number of hydrogen-bond acceptors (Lipinski definition) is 7. The highest BCUT2D eigenvalue weighted by atomic mass is 16.5. The molecule has 144 valence electrons. The predicted octanol–water partition coefficient (Wildman–Crippen LogP) is 2.34. The third-order valence-corrected chi connectivity index (χ3v) is 5.02. The Kier molecular flexibility index (Phi) is 5.03. The zero-order chi connectivity index (χ0) is 19.4. The summed E-state index contributed by atoms with van der Waals surface area (Å²) in [5.41, 5.74) is 1.88. The molecule has 0 radical (unpaired) electrons. The number of nitrogens with zero attached hydrogens (tertiary/aromatic N) is 3. The van der Waals surface area contributed by atoms with Crippen LogP contribution in [-0.4, -0.2) is 46.3 Å². The van der Waals surface area contributed by atoms with Gasteiger partial charge < -0.3 is 20.4 Å². The largest absolute Gasteiger partial charge is 0.465 e. The smallest absolute Gasteiger partial charge is 0.337 e. The van der Waals surface area contributed by atoms with Crippen LogP contribution in [0.2, 0.25) is 0 Å². The van der Waals surface area contributed by atoms with Crippen LogP contribution in [0, 0.1) is 0 Å². The van der Waals surface area contributed by atoms with E-state index >= 15 is 0 Å². The number of carbonyl (C=O) groups is 1. The lowest BCUT2D eigenvalue weighted by molar-refractivity contribution is 0.0600. The number of methoxy groups -OCH3 is 1. The molecule has 3 N–H and O–H groups in total. The second-order valence-corrected chi connectivity index (χ2v) is 6.79. The van der Waals surface area contributed by atoms with E-state index in [9.17, 15) is 4.79 Å². The highest BCUT2D eigenvalue weighted by Gasteiger charge is 2.37. The zero-order valence-corrected chi connectivity index (χ0v) is 15.6. The Hall–Kier alpha value is -3.26. The van der Waals surface area contributed by atoms with Gasteiger partial charge in [-0.1, -0.05) is 6.07 Å². The fraction of sp³-hybridized carbons (Fsp3) is 0.300. The average Bonchev–Trinajstić information content (AvgIpc) is 3.26. The van der Waals surface area contributed by atoms with E-state index < -0.39 is 5.54 Å². The highest BCUT2D eigenvalue weighted by Crippen LogP contribution is 2.33. The number of hydrogen-bond donors (Lipinski definition) is 3. The van der Waals surface area contributed by atoms with Gasteiger partial charge in [-0.15, -0.1) is 10.2 Å². The number of piperidine rings is 1. The van der Waals surface area contributed by atoms with E-state index in [1.165, 1.54) is 7.11 Å². The van der Waals surface area contributed by atoms with E-state index in [1.54, 1.807) is 24.5 Å². The van der Waals surface area contributed by atoms with Crippen LogP contribution < -0.4 is 10.6 Å². The van der Waals surface area contributed by atoms with E-state index in [4.69, 9.17) is 4.74 Å². The first-order valence-electron chi connectivity index (χ1n) is 9.21. The SMILES string of the molecule is COC(=O)c1cccc(NC2(c3nnc(-c4ccncc4)[nH]3)CCNCC2)c1. The van der Waals surface area contributed by atoms with Crippen LogP contribution in [0.3, 0.4) is 0 Å². The Morgan fingerprint density at radius 2 is 1.93 bits per heavy atom.